The van der Waals surface area contributed by atoms with Crippen molar-refractivity contribution in [3.63, 3.8) is 0 Å². The zero-order chi connectivity index (χ0) is 22.6. The Kier molecular flexibility index (Phi) is 4.82. The number of thiophene rings is 1. The third-order valence-corrected chi connectivity index (χ3v) is 9.87. The SMILES string of the molecule is O=c1c2ccccc2sc2ccc(-c3cccc(C4=c5sc6c(c5=CCC4)CCCC6)c3)cc12. The van der Waals surface area contributed by atoms with E-state index in [9.17, 15) is 4.79 Å². The first-order valence-electron chi connectivity index (χ1n) is 12.2. The van der Waals surface area contributed by atoms with Gasteiger partial charge in [0.25, 0.3) is 0 Å². The molecule has 2 heterocycles. The van der Waals surface area contributed by atoms with Gasteiger partial charge in [0.15, 0.2) is 5.43 Å². The van der Waals surface area contributed by atoms with Gasteiger partial charge in [-0.25, -0.2) is 0 Å². The van der Waals surface area contributed by atoms with Crippen LogP contribution < -0.4 is 15.2 Å². The molecular formula is C31H24OS2. The molecule has 2 aromatic heterocycles. The Hall–Kier alpha value is -3.01. The highest BCUT2D eigenvalue weighted by molar-refractivity contribution is 7.24. The van der Waals surface area contributed by atoms with E-state index in [1.165, 1.54) is 52.1 Å². The molecule has 0 radical (unpaired) electrons. The standard InChI is InChI=1S/C31H24OS2/c32-30-25-10-2-4-14-28(25)33-29-16-15-20(18-26(29)30)19-7-5-8-21(17-19)22-11-6-12-24-23-9-1-3-13-27(23)34-31(22)24/h2,4-5,7-8,10,12,14-18H,1,3,6,9,11,13H2. The number of benzene rings is 3. The van der Waals surface area contributed by atoms with Crippen LogP contribution in [-0.4, -0.2) is 0 Å². The predicted octanol–water partition coefficient (Wildman–Crippen LogP) is 6.80. The highest BCUT2D eigenvalue weighted by atomic mass is 32.1. The van der Waals surface area contributed by atoms with Crippen molar-refractivity contribution >= 4 is 54.5 Å². The molecule has 0 atom stereocenters. The summed E-state index contributed by atoms with van der Waals surface area (Å²) in [5.41, 5.74) is 6.88. The van der Waals surface area contributed by atoms with Crippen molar-refractivity contribution in [2.24, 2.45) is 0 Å². The van der Waals surface area contributed by atoms with Crippen LogP contribution in [0.1, 0.15) is 41.7 Å². The average molecular weight is 477 g/mol. The van der Waals surface area contributed by atoms with Crippen LogP contribution in [0.5, 0.6) is 0 Å². The Morgan fingerprint density at radius 3 is 2.47 bits per heavy atom. The van der Waals surface area contributed by atoms with Gasteiger partial charge in [0, 0.05) is 29.6 Å². The normalized spacial score (nSPS) is 15.2. The van der Waals surface area contributed by atoms with E-state index < -0.39 is 0 Å². The summed E-state index contributed by atoms with van der Waals surface area (Å²) in [7, 11) is 0. The van der Waals surface area contributed by atoms with Crippen LogP contribution >= 0.6 is 22.7 Å². The van der Waals surface area contributed by atoms with E-state index in [0.717, 1.165) is 38.6 Å². The molecule has 0 fully saturated rings. The van der Waals surface area contributed by atoms with Gasteiger partial charge < -0.3 is 0 Å². The molecule has 0 amide bonds. The summed E-state index contributed by atoms with van der Waals surface area (Å²) in [5, 5.41) is 3.16. The quantitative estimate of drug-likeness (QED) is 0.256. The van der Waals surface area contributed by atoms with Crippen molar-refractivity contribution in [1.29, 1.82) is 0 Å². The predicted molar refractivity (Wildman–Crippen MR) is 147 cm³/mol. The Balaban J connectivity index is 1.39. The Morgan fingerprint density at radius 1 is 0.676 bits per heavy atom. The van der Waals surface area contributed by atoms with Crippen LogP contribution in [0.25, 0.3) is 42.9 Å². The average Bonchev–Trinajstić information content (AvgIpc) is 3.28. The lowest BCUT2D eigenvalue weighted by atomic mass is 9.91. The molecule has 0 saturated heterocycles. The highest BCUT2D eigenvalue weighted by Gasteiger charge is 2.18. The molecule has 0 N–H and O–H groups in total. The van der Waals surface area contributed by atoms with Gasteiger partial charge in [-0.15, -0.1) is 22.7 Å². The second-order valence-corrected chi connectivity index (χ2v) is 11.6. The fourth-order valence-corrected chi connectivity index (χ4v) is 8.19. The summed E-state index contributed by atoms with van der Waals surface area (Å²) in [4.78, 5) is 14.8. The van der Waals surface area contributed by atoms with Gasteiger partial charge in [-0.3, -0.25) is 4.79 Å². The molecule has 0 bridgehead atoms. The minimum Gasteiger partial charge on any atom is -0.289 e. The largest absolute Gasteiger partial charge is 0.289 e. The lowest BCUT2D eigenvalue weighted by molar-refractivity contribution is 0.694. The van der Waals surface area contributed by atoms with Crippen molar-refractivity contribution < 1.29 is 0 Å². The first-order chi connectivity index (χ1) is 16.8. The smallest absolute Gasteiger partial charge is 0.195 e. The fraction of sp³-hybridized carbons (Fsp3) is 0.194. The molecule has 34 heavy (non-hydrogen) atoms. The van der Waals surface area contributed by atoms with Gasteiger partial charge >= 0.3 is 0 Å². The van der Waals surface area contributed by atoms with E-state index in [-0.39, 0.29) is 5.43 Å². The second-order valence-electron chi connectivity index (χ2n) is 9.39. The van der Waals surface area contributed by atoms with Crippen molar-refractivity contribution in [3.05, 3.63) is 103 Å². The third kappa shape index (κ3) is 3.22. The van der Waals surface area contributed by atoms with Gasteiger partial charge in [-0.05, 0) is 102 Å². The molecule has 2 aliphatic rings. The molecular weight excluding hydrogens is 452 g/mol. The molecule has 5 aromatic rings. The number of aryl methyl sites for hydroxylation is 1. The molecule has 0 unspecified atom stereocenters. The minimum absolute atomic E-state index is 0.133. The molecule has 0 aliphatic heterocycles. The topological polar surface area (TPSA) is 17.1 Å². The number of rotatable bonds is 2. The maximum Gasteiger partial charge on any atom is 0.195 e. The zero-order valence-corrected chi connectivity index (χ0v) is 20.5. The summed E-state index contributed by atoms with van der Waals surface area (Å²) in [6, 6.07) is 23.2. The highest BCUT2D eigenvalue weighted by Crippen LogP contribution is 2.31. The van der Waals surface area contributed by atoms with Gasteiger partial charge in [0.1, 0.15) is 0 Å². The molecule has 2 aliphatic carbocycles. The Morgan fingerprint density at radius 2 is 1.50 bits per heavy atom. The first kappa shape index (κ1) is 20.4. The van der Waals surface area contributed by atoms with E-state index in [2.05, 4.69) is 48.5 Å². The molecule has 3 aromatic carbocycles. The van der Waals surface area contributed by atoms with Crippen LogP contribution in [-0.2, 0) is 12.8 Å². The Bertz CT molecular complexity index is 1780. The van der Waals surface area contributed by atoms with Crippen molar-refractivity contribution in [2.45, 2.75) is 38.5 Å². The van der Waals surface area contributed by atoms with Gasteiger partial charge in [-0.1, -0.05) is 42.5 Å². The van der Waals surface area contributed by atoms with Crippen molar-refractivity contribution in [3.8, 4) is 11.1 Å². The van der Waals surface area contributed by atoms with Crippen LogP contribution in [0.15, 0.2) is 71.5 Å². The number of hydrogen-bond acceptors (Lipinski definition) is 3. The summed E-state index contributed by atoms with van der Waals surface area (Å²) < 4.78 is 3.60. The fourth-order valence-electron chi connectivity index (χ4n) is 5.65. The van der Waals surface area contributed by atoms with E-state index >= 15 is 0 Å². The maximum atomic E-state index is 13.2. The summed E-state index contributed by atoms with van der Waals surface area (Å²) in [5.74, 6) is 0. The number of fused-ring (bicyclic) bond motifs is 5. The van der Waals surface area contributed by atoms with Crippen LogP contribution in [0, 0.1) is 0 Å². The summed E-state index contributed by atoms with van der Waals surface area (Å²) in [6.45, 7) is 0. The Labute approximate surface area is 206 Å². The zero-order valence-electron chi connectivity index (χ0n) is 18.9. The monoisotopic (exact) mass is 476 g/mol. The minimum atomic E-state index is 0.133. The number of hydrogen-bond donors (Lipinski definition) is 0. The van der Waals surface area contributed by atoms with Gasteiger partial charge in [-0.2, -0.15) is 0 Å². The van der Waals surface area contributed by atoms with Crippen LogP contribution in [0.2, 0.25) is 0 Å². The van der Waals surface area contributed by atoms with E-state index in [1.807, 2.05) is 35.6 Å². The molecule has 166 valence electrons. The van der Waals surface area contributed by atoms with E-state index in [0.29, 0.717) is 0 Å². The maximum absolute atomic E-state index is 13.2. The lowest BCUT2D eigenvalue weighted by Gasteiger charge is -2.13. The lowest BCUT2D eigenvalue weighted by Crippen LogP contribution is -2.28. The van der Waals surface area contributed by atoms with Crippen LogP contribution in [0.4, 0.5) is 0 Å². The summed E-state index contributed by atoms with van der Waals surface area (Å²) >= 11 is 3.73. The molecule has 0 saturated carbocycles. The first-order valence-corrected chi connectivity index (χ1v) is 13.8. The molecule has 3 heteroatoms. The third-order valence-electron chi connectivity index (χ3n) is 7.35. The van der Waals surface area contributed by atoms with Crippen molar-refractivity contribution in [1.82, 2.24) is 0 Å². The van der Waals surface area contributed by atoms with Crippen molar-refractivity contribution in [2.75, 3.05) is 0 Å². The van der Waals surface area contributed by atoms with E-state index in [4.69, 9.17) is 0 Å². The molecule has 7 rings (SSSR count). The van der Waals surface area contributed by atoms with E-state index in [1.54, 1.807) is 21.8 Å². The van der Waals surface area contributed by atoms with Gasteiger partial charge in [0.2, 0.25) is 0 Å². The molecule has 0 spiro atoms. The van der Waals surface area contributed by atoms with Crippen LogP contribution in [0.3, 0.4) is 0 Å². The van der Waals surface area contributed by atoms with Gasteiger partial charge in [0.05, 0.1) is 0 Å². The molecule has 1 nitrogen and oxygen atoms in total. The second kappa shape index (κ2) is 8.04. The summed E-state index contributed by atoms with van der Waals surface area (Å²) in [6.07, 6.45) is 9.86.